The first-order valence-corrected chi connectivity index (χ1v) is 17.1. The van der Waals surface area contributed by atoms with E-state index in [-0.39, 0.29) is 35.8 Å². The first-order chi connectivity index (χ1) is 20.9. The minimum absolute atomic E-state index is 0.0756. The van der Waals surface area contributed by atoms with Gasteiger partial charge >= 0.3 is 0 Å². The molecule has 1 spiro atoms. The number of amides is 2. The van der Waals surface area contributed by atoms with Gasteiger partial charge in [-0.15, -0.1) is 0 Å². The van der Waals surface area contributed by atoms with E-state index in [9.17, 15) is 9.59 Å². The van der Waals surface area contributed by atoms with Crippen LogP contribution in [-0.4, -0.2) is 47.8 Å². The molecule has 7 heteroatoms. The van der Waals surface area contributed by atoms with Gasteiger partial charge in [-0.05, 0) is 101 Å². The van der Waals surface area contributed by atoms with E-state index in [0.717, 1.165) is 43.1 Å². The van der Waals surface area contributed by atoms with Crippen LogP contribution in [0, 0.1) is 18.3 Å². The van der Waals surface area contributed by atoms with Crippen molar-refractivity contribution < 1.29 is 19.4 Å². The van der Waals surface area contributed by atoms with Crippen LogP contribution in [0.4, 0.5) is 0 Å². The van der Waals surface area contributed by atoms with Crippen LogP contribution in [0.15, 0.2) is 18.2 Å². The quantitative estimate of drug-likeness (QED) is 0.246. The average Bonchev–Trinajstić information content (AvgIpc) is 3.69. The molecule has 2 saturated carbocycles. The Morgan fingerprint density at radius 2 is 1.73 bits per heavy atom. The fourth-order valence-corrected chi connectivity index (χ4v) is 7.17. The maximum absolute atomic E-state index is 13.8. The summed E-state index contributed by atoms with van der Waals surface area (Å²) in [6, 6.07) is 6.78. The van der Waals surface area contributed by atoms with Gasteiger partial charge in [-0.3, -0.25) is 9.59 Å². The third kappa shape index (κ3) is 6.88. The highest BCUT2D eigenvalue weighted by Gasteiger charge is 2.49. The fourth-order valence-electron chi connectivity index (χ4n) is 7.17. The summed E-state index contributed by atoms with van der Waals surface area (Å²) in [5, 5.41) is 15.1. The van der Waals surface area contributed by atoms with E-state index in [1.54, 1.807) is 0 Å². The maximum Gasteiger partial charge on any atom is 0.253 e. The lowest BCUT2D eigenvalue weighted by Crippen LogP contribution is -2.45. The van der Waals surface area contributed by atoms with E-state index in [1.165, 1.54) is 61.6 Å². The Morgan fingerprint density at radius 3 is 2.39 bits per heavy atom. The first-order valence-electron chi connectivity index (χ1n) is 17.1. The van der Waals surface area contributed by atoms with E-state index in [1.807, 2.05) is 13.8 Å². The van der Waals surface area contributed by atoms with Crippen LogP contribution in [0.2, 0.25) is 0 Å². The van der Waals surface area contributed by atoms with E-state index < -0.39 is 5.41 Å². The molecular weight excluding hydrogens is 550 g/mol. The Morgan fingerprint density at radius 1 is 1.00 bits per heavy atom. The van der Waals surface area contributed by atoms with Crippen LogP contribution in [0.25, 0.3) is 11.3 Å². The van der Waals surface area contributed by atoms with E-state index in [0.29, 0.717) is 24.4 Å². The standard InChI is InChI=1S/C37H55N3O4/c1-25-28(33(42)39-24-36(5,6)34(43)38-17-10-11-18-41)22-31(40(25)23-26-12-8-7-9-13-26)27-20-29(35(2,3)4)32-30(21-27)37(14-15-37)16-19-44-32/h20-22,26,41H,7-19,23-24H2,1-6H3,(H,38,43)(H,39,42). The van der Waals surface area contributed by atoms with Crippen molar-refractivity contribution in [3.05, 3.63) is 40.6 Å². The number of aliphatic hydroxyl groups is 1. The second-order valence-electron chi connectivity index (χ2n) is 15.4. The highest BCUT2D eigenvalue weighted by molar-refractivity contribution is 5.97. The van der Waals surface area contributed by atoms with Gasteiger partial charge in [0, 0.05) is 54.2 Å². The van der Waals surface area contributed by atoms with Gasteiger partial charge in [0.25, 0.3) is 5.91 Å². The van der Waals surface area contributed by atoms with Crippen molar-refractivity contribution in [1.29, 1.82) is 0 Å². The summed E-state index contributed by atoms with van der Waals surface area (Å²) >= 11 is 0. The largest absolute Gasteiger partial charge is 0.493 e. The summed E-state index contributed by atoms with van der Waals surface area (Å²) in [6.45, 7) is 15.2. The van der Waals surface area contributed by atoms with Crippen molar-refractivity contribution in [2.75, 3.05) is 26.3 Å². The van der Waals surface area contributed by atoms with Gasteiger partial charge in [-0.1, -0.05) is 40.0 Å². The number of hydrogen-bond donors (Lipinski definition) is 3. The van der Waals surface area contributed by atoms with Gasteiger partial charge in [0.1, 0.15) is 5.75 Å². The van der Waals surface area contributed by atoms with Gasteiger partial charge in [0.05, 0.1) is 17.6 Å². The number of benzene rings is 1. The molecule has 1 aromatic heterocycles. The summed E-state index contributed by atoms with van der Waals surface area (Å²) < 4.78 is 8.78. The molecule has 2 amide bonds. The monoisotopic (exact) mass is 605 g/mol. The van der Waals surface area contributed by atoms with Crippen molar-refractivity contribution in [2.45, 2.75) is 123 Å². The van der Waals surface area contributed by atoms with Crippen molar-refractivity contribution in [2.24, 2.45) is 11.3 Å². The number of hydrogen-bond acceptors (Lipinski definition) is 4. The van der Waals surface area contributed by atoms with Crippen molar-refractivity contribution in [1.82, 2.24) is 15.2 Å². The zero-order valence-corrected chi connectivity index (χ0v) is 28.0. The molecule has 1 aromatic carbocycles. The van der Waals surface area contributed by atoms with Crippen LogP contribution in [0.1, 0.15) is 126 Å². The zero-order valence-electron chi connectivity index (χ0n) is 28.0. The highest BCUT2D eigenvalue weighted by Crippen LogP contribution is 2.58. The SMILES string of the molecule is Cc1c(C(=O)NCC(C)(C)C(=O)NCCCCO)cc(-c2cc(C(C)(C)C)c3c(c2)C2(CCO3)CC2)n1CC1CCCCC1. The second kappa shape index (κ2) is 12.9. The van der Waals surface area contributed by atoms with Gasteiger partial charge in [0.2, 0.25) is 5.91 Å². The van der Waals surface area contributed by atoms with Crippen LogP contribution < -0.4 is 15.4 Å². The van der Waals surface area contributed by atoms with Gasteiger partial charge in [-0.25, -0.2) is 0 Å². The molecule has 2 fully saturated rings. The Hall–Kier alpha value is -2.80. The molecule has 0 saturated heterocycles. The molecule has 5 rings (SSSR count). The molecule has 0 radical (unpaired) electrons. The third-order valence-corrected chi connectivity index (χ3v) is 10.4. The minimum atomic E-state index is -0.755. The second-order valence-corrected chi connectivity index (χ2v) is 15.4. The summed E-state index contributed by atoms with van der Waals surface area (Å²) in [5.74, 6) is 1.46. The number of ether oxygens (including phenoxy) is 1. The zero-order chi connectivity index (χ0) is 31.7. The van der Waals surface area contributed by atoms with E-state index >= 15 is 0 Å². The lowest BCUT2D eigenvalue weighted by molar-refractivity contribution is -0.129. The van der Waals surface area contributed by atoms with Crippen LogP contribution in [0.5, 0.6) is 5.75 Å². The molecule has 3 N–H and O–H groups in total. The fraction of sp³-hybridized carbons (Fsp3) is 0.676. The molecule has 0 atom stereocenters. The number of nitrogens with zero attached hydrogens (tertiary/aromatic N) is 1. The topological polar surface area (TPSA) is 92.6 Å². The summed E-state index contributed by atoms with van der Waals surface area (Å²) in [7, 11) is 0. The Bertz CT molecular complexity index is 1340. The number of aromatic nitrogens is 1. The highest BCUT2D eigenvalue weighted by atomic mass is 16.5. The molecule has 7 nitrogen and oxygen atoms in total. The number of rotatable bonds is 11. The predicted octanol–water partition coefficient (Wildman–Crippen LogP) is 6.80. The van der Waals surface area contributed by atoms with Gasteiger partial charge < -0.3 is 25.0 Å². The normalized spacial score (nSPS) is 18.1. The van der Waals surface area contributed by atoms with Crippen LogP contribution in [0.3, 0.4) is 0 Å². The van der Waals surface area contributed by atoms with E-state index in [4.69, 9.17) is 9.84 Å². The number of nitrogens with one attached hydrogen (secondary N) is 2. The number of carbonyl (C=O) groups is 2. The maximum atomic E-state index is 13.8. The molecule has 3 aliphatic rings. The number of unbranched alkanes of at least 4 members (excludes halogenated alkanes) is 1. The number of aliphatic hydroxyl groups excluding tert-OH is 1. The van der Waals surface area contributed by atoms with Gasteiger partial charge in [-0.2, -0.15) is 0 Å². The van der Waals surface area contributed by atoms with Crippen LogP contribution in [-0.2, 0) is 22.2 Å². The Balaban J connectivity index is 1.47. The molecular formula is C37H55N3O4. The van der Waals surface area contributed by atoms with E-state index in [2.05, 4.69) is 61.1 Å². The van der Waals surface area contributed by atoms with Crippen molar-refractivity contribution in [3.8, 4) is 17.0 Å². The summed E-state index contributed by atoms with van der Waals surface area (Å²) in [4.78, 5) is 26.6. The minimum Gasteiger partial charge on any atom is -0.493 e. The van der Waals surface area contributed by atoms with Crippen molar-refractivity contribution >= 4 is 11.8 Å². The number of carbonyl (C=O) groups excluding carboxylic acids is 2. The molecule has 0 unspecified atom stereocenters. The molecule has 2 aromatic rings. The predicted molar refractivity (Wildman–Crippen MR) is 176 cm³/mol. The smallest absolute Gasteiger partial charge is 0.253 e. The molecule has 2 heterocycles. The van der Waals surface area contributed by atoms with Crippen molar-refractivity contribution in [3.63, 3.8) is 0 Å². The Kier molecular flexibility index (Phi) is 9.55. The molecule has 1 aliphatic heterocycles. The summed E-state index contributed by atoms with van der Waals surface area (Å²) in [6.07, 6.45) is 11.2. The lowest BCUT2D eigenvalue weighted by atomic mass is 9.79. The molecule has 2 aliphatic carbocycles. The summed E-state index contributed by atoms with van der Waals surface area (Å²) in [5.41, 5.74) is 5.96. The molecule has 242 valence electrons. The average molecular weight is 606 g/mol. The molecule has 44 heavy (non-hydrogen) atoms. The number of fused-ring (bicyclic) bond motifs is 2. The van der Waals surface area contributed by atoms with Crippen LogP contribution >= 0.6 is 0 Å². The molecule has 0 bridgehead atoms. The third-order valence-electron chi connectivity index (χ3n) is 10.4. The van der Waals surface area contributed by atoms with Gasteiger partial charge in [0.15, 0.2) is 0 Å². The first kappa shape index (κ1) is 32.6. The Labute approximate surface area is 264 Å². The lowest BCUT2D eigenvalue weighted by Gasteiger charge is -2.33.